The fraction of sp³-hybridized carbons (Fsp3) is 0.364. The number of likely N-dealkylation sites (N-methyl/N-ethyl adjacent to an activating group) is 1. The van der Waals surface area contributed by atoms with Crippen LogP contribution in [0.25, 0.3) is 0 Å². The molecule has 1 heterocycles. The summed E-state index contributed by atoms with van der Waals surface area (Å²) in [6.45, 7) is 3.29. The average molecular weight is 237 g/mol. The maximum absolute atomic E-state index is 11.6. The summed E-state index contributed by atoms with van der Waals surface area (Å²) in [7, 11) is 1.42. The molecule has 0 aromatic carbocycles. The van der Waals surface area contributed by atoms with Crippen LogP contribution >= 0.6 is 0 Å². The predicted molar refractivity (Wildman–Crippen MR) is 63.0 cm³/mol. The number of rotatable bonds is 3. The Hall–Kier alpha value is -2.11. The molecule has 1 aromatic heterocycles. The van der Waals surface area contributed by atoms with Gasteiger partial charge in [0.15, 0.2) is 0 Å². The second-order valence-corrected chi connectivity index (χ2v) is 3.77. The first-order chi connectivity index (χ1) is 7.90. The summed E-state index contributed by atoms with van der Waals surface area (Å²) in [5.41, 5.74) is 2.14. The van der Waals surface area contributed by atoms with Gasteiger partial charge in [-0.3, -0.25) is 9.78 Å². The number of hydrogen-bond acceptors (Lipinski definition) is 3. The van der Waals surface area contributed by atoms with E-state index in [9.17, 15) is 9.59 Å². The molecule has 2 amide bonds. The van der Waals surface area contributed by atoms with E-state index >= 15 is 0 Å². The third-order valence-corrected chi connectivity index (χ3v) is 2.19. The molecule has 6 nitrogen and oxygen atoms in total. The first-order valence-corrected chi connectivity index (χ1v) is 5.08. The summed E-state index contributed by atoms with van der Waals surface area (Å²) in [5, 5.41) is 11.2. The number of aliphatic carboxylic acids is 1. The highest BCUT2D eigenvalue weighted by atomic mass is 16.4. The summed E-state index contributed by atoms with van der Waals surface area (Å²) >= 11 is 0. The fourth-order valence-corrected chi connectivity index (χ4v) is 1.30. The Morgan fingerprint density at radius 1 is 1.41 bits per heavy atom. The van der Waals surface area contributed by atoms with Crippen molar-refractivity contribution in [1.29, 1.82) is 0 Å². The fourth-order valence-electron chi connectivity index (χ4n) is 1.30. The largest absolute Gasteiger partial charge is 0.480 e. The van der Waals surface area contributed by atoms with Gasteiger partial charge in [-0.25, -0.2) is 4.79 Å². The topological polar surface area (TPSA) is 82.5 Å². The lowest BCUT2D eigenvalue weighted by molar-refractivity contribution is -0.137. The first-order valence-electron chi connectivity index (χ1n) is 5.08. The number of aryl methyl sites for hydroxylation is 2. The smallest absolute Gasteiger partial charge is 0.323 e. The molecule has 92 valence electrons. The molecule has 0 unspecified atom stereocenters. The molecule has 0 fully saturated rings. The van der Waals surface area contributed by atoms with E-state index in [1.54, 1.807) is 19.1 Å². The molecule has 0 radical (unpaired) electrons. The number of pyridine rings is 1. The summed E-state index contributed by atoms with van der Waals surface area (Å²) in [5.74, 6) is -1.05. The Bertz CT molecular complexity index is 446. The molecular weight excluding hydrogens is 222 g/mol. The van der Waals surface area contributed by atoms with E-state index in [-0.39, 0.29) is 6.54 Å². The Labute approximate surface area is 99.3 Å². The van der Waals surface area contributed by atoms with Crippen molar-refractivity contribution >= 4 is 17.7 Å². The van der Waals surface area contributed by atoms with Gasteiger partial charge in [0.05, 0.1) is 11.4 Å². The number of hydrogen-bond donors (Lipinski definition) is 2. The van der Waals surface area contributed by atoms with Crippen molar-refractivity contribution in [3.63, 3.8) is 0 Å². The molecular formula is C11H15N3O3. The highest BCUT2D eigenvalue weighted by Gasteiger charge is 2.13. The van der Waals surface area contributed by atoms with Crippen molar-refractivity contribution in [2.75, 3.05) is 18.9 Å². The second-order valence-electron chi connectivity index (χ2n) is 3.77. The molecule has 1 rings (SSSR count). The number of carbonyl (C=O) groups excluding carboxylic acids is 1. The van der Waals surface area contributed by atoms with Crippen LogP contribution in [-0.4, -0.2) is 40.6 Å². The Morgan fingerprint density at radius 2 is 2.06 bits per heavy atom. The van der Waals surface area contributed by atoms with Gasteiger partial charge >= 0.3 is 12.0 Å². The summed E-state index contributed by atoms with van der Waals surface area (Å²) in [6, 6.07) is 3.05. The molecule has 0 aliphatic carbocycles. The minimum Gasteiger partial charge on any atom is -0.480 e. The van der Waals surface area contributed by atoms with E-state index in [2.05, 4.69) is 10.3 Å². The normalized spacial score (nSPS) is 9.82. The third-order valence-electron chi connectivity index (χ3n) is 2.19. The van der Waals surface area contributed by atoms with Crippen molar-refractivity contribution < 1.29 is 14.7 Å². The molecule has 17 heavy (non-hydrogen) atoms. The van der Waals surface area contributed by atoms with E-state index in [0.717, 1.165) is 10.6 Å². The molecule has 6 heteroatoms. The number of nitrogens with one attached hydrogen (secondary N) is 1. The van der Waals surface area contributed by atoms with Crippen molar-refractivity contribution in [2.24, 2.45) is 0 Å². The van der Waals surface area contributed by atoms with Gasteiger partial charge in [-0.1, -0.05) is 0 Å². The van der Waals surface area contributed by atoms with Crippen LogP contribution in [0.3, 0.4) is 0 Å². The number of urea groups is 1. The molecule has 2 N–H and O–H groups in total. The van der Waals surface area contributed by atoms with E-state index in [1.807, 2.05) is 6.92 Å². The highest BCUT2D eigenvalue weighted by molar-refractivity contribution is 5.91. The maximum Gasteiger partial charge on any atom is 0.323 e. The average Bonchev–Trinajstić information content (AvgIpc) is 2.21. The van der Waals surface area contributed by atoms with Crippen LogP contribution in [0, 0.1) is 13.8 Å². The lowest BCUT2D eigenvalue weighted by Crippen LogP contribution is -2.35. The van der Waals surface area contributed by atoms with Crippen molar-refractivity contribution in [1.82, 2.24) is 9.88 Å². The predicted octanol–water partition coefficient (Wildman–Crippen LogP) is 1.25. The number of carbonyl (C=O) groups is 2. The van der Waals surface area contributed by atoms with Gasteiger partial charge in [-0.15, -0.1) is 0 Å². The van der Waals surface area contributed by atoms with Gasteiger partial charge in [0.25, 0.3) is 0 Å². The number of aromatic nitrogens is 1. The summed E-state index contributed by atoms with van der Waals surface area (Å²) < 4.78 is 0. The molecule has 1 aromatic rings. The number of nitrogens with zero attached hydrogens (tertiary/aromatic N) is 2. The molecule has 0 aliphatic heterocycles. The summed E-state index contributed by atoms with van der Waals surface area (Å²) in [6.07, 6.45) is 0. The van der Waals surface area contributed by atoms with E-state index in [4.69, 9.17) is 5.11 Å². The zero-order valence-corrected chi connectivity index (χ0v) is 10.0. The SMILES string of the molecule is Cc1ccc(NC(=O)N(C)CC(=O)O)c(C)n1. The van der Waals surface area contributed by atoms with Crippen LogP contribution < -0.4 is 5.32 Å². The number of carboxylic acids is 1. The van der Waals surface area contributed by atoms with Crippen molar-refractivity contribution in [2.45, 2.75) is 13.8 Å². The van der Waals surface area contributed by atoms with Crippen molar-refractivity contribution in [3.05, 3.63) is 23.5 Å². The molecule has 0 aliphatic rings. The lowest BCUT2D eigenvalue weighted by atomic mass is 10.3. The minimum absolute atomic E-state index is 0.343. The van der Waals surface area contributed by atoms with Crippen LogP contribution in [0.4, 0.5) is 10.5 Å². The van der Waals surface area contributed by atoms with Gasteiger partial charge in [0.2, 0.25) is 0 Å². The van der Waals surface area contributed by atoms with Gasteiger partial charge in [0.1, 0.15) is 6.54 Å². The van der Waals surface area contributed by atoms with Gasteiger partial charge in [0, 0.05) is 12.7 Å². The molecule has 0 saturated heterocycles. The molecule has 0 spiro atoms. The van der Waals surface area contributed by atoms with Crippen LogP contribution in [0.5, 0.6) is 0 Å². The number of carboxylic acid groups (broad SMARTS) is 1. The first kappa shape index (κ1) is 13.0. The van der Waals surface area contributed by atoms with Crippen molar-refractivity contribution in [3.8, 4) is 0 Å². The highest BCUT2D eigenvalue weighted by Crippen LogP contribution is 2.12. The summed E-state index contributed by atoms with van der Waals surface area (Å²) in [4.78, 5) is 27.3. The van der Waals surface area contributed by atoms with Gasteiger partial charge < -0.3 is 15.3 Å². The standard InChI is InChI=1S/C11H15N3O3/c1-7-4-5-9(8(2)12-7)13-11(17)14(3)6-10(15)16/h4-5H,6H2,1-3H3,(H,13,17)(H,15,16). The zero-order valence-electron chi connectivity index (χ0n) is 10.0. The number of anilines is 1. The van der Waals surface area contributed by atoms with Crippen LogP contribution in [0.2, 0.25) is 0 Å². The lowest BCUT2D eigenvalue weighted by Gasteiger charge is -2.16. The Kier molecular flexibility index (Phi) is 4.03. The molecule has 0 saturated carbocycles. The quantitative estimate of drug-likeness (QED) is 0.828. The van der Waals surface area contributed by atoms with Gasteiger partial charge in [-0.05, 0) is 26.0 Å². The Morgan fingerprint density at radius 3 is 2.59 bits per heavy atom. The maximum atomic E-state index is 11.6. The second kappa shape index (κ2) is 5.29. The van der Waals surface area contributed by atoms with Crippen LogP contribution in [0.15, 0.2) is 12.1 Å². The Balaban J connectivity index is 2.71. The van der Waals surface area contributed by atoms with E-state index in [0.29, 0.717) is 11.4 Å². The van der Waals surface area contributed by atoms with Crippen LogP contribution in [-0.2, 0) is 4.79 Å². The van der Waals surface area contributed by atoms with Crippen LogP contribution in [0.1, 0.15) is 11.4 Å². The molecule has 0 atom stereocenters. The van der Waals surface area contributed by atoms with E-state index in [1.165, 1.54) is 7.05 Å². The molecule has 0 bridgehead atoms. The third kappa shape index (κ3) is 3.75. The van der Waals surface area contributed by atoms with Gasteiger partial charge in [-0.2, -0.15) is 0 Å². The van der Waals surface area contributed by atoms with E-state index < -0.39 is 12.0 Å². The zero-order chi connectivity index (χ0) is 13.0. The minimum atomic E-state index is -1.05. The monoisotopic (exact) mass is 237 g/mol. The number of amides is 2.